The van der Waals surface area contributed by atoms with Gasteiger partial charge in [-0.1, -0.05) is 12.1 Å². The molecule has 1 heterocycles. The van der Waals surface area contributed by atoms with E-state index in [-0.39, 0.29) is 23.7 Å². The molecule has 2 fully saturated rings. The summed E-state index contributed by atoms with van der Waals surface area (Å²) in [6.07, 6.45) is -1.43. The van der Waals surface area contributed by atoms with Gasteiger partial charge in [-0.15, -0.1) is 0 Å². The van der Waals surface area contributed by atoms with Gasteiger partial charge in [0, 0.05) is 32.0 Å². The van der Waals surface area contributed by atoms with Crippen LogP contribution in [0.4, 0.5) is 13.2 Å². The van der Waals surface area contributed by atoms with Crippen molar-refractivity contribution in [2.45, 2.75) is 37.8 Å². The molecule has 0 bridgehead atoms. The molecule has 136 valence electrons. The summed E-state index contributed by atoms with van der Waals surface area (Å²) in [5.41, 5.74) is 0.102. The monoisotopic (exact) mass is 354 g/mol. The van der Waals surface area contributed by atoms with Crippen LogP contribution >= 0.6 is 0 Å². The van der Waals surface area contributed by atoms with Crippen molar-refractivity contribution in [3.8, 4) is 0 Å². The van der Waals surface area contributed by atoms with Crippen LogP contribution in [0.3, 0.4) is 0 Å². The number of halogens is 3. The summed E-state index contributed by atoms with van der Waals surface area (Å²) in [6, 6.07) is 5.05. The van der Waals surface area contributed by atoms with Gasteiger partial charge in [-0.3, -0.25) is 9.59 Å². The Morgan fingerprint density at radius 3 is 2.56 bits per heavy atom. The highest BCUT2D eigenvalue weighted by Gasteiger charge is 2.44. The predicted octanol–water partition coefficient (Wildman–Crippen LogP) is 2.94. The summed E-state index contributed by atoms with van der Waals surface area (Å²) < 4.78 is 37.7. The number of benzene rings is 1. The third-order valence-corrected chi connectivity index (χ3v) is 4.87. The average molecular weight is 354 g/mol. The molecule has 0 radical (unpaired) electrons. The fourth-order valence-electron chi connectivity index (χ4n) is 3.33. The van der Waals surface area contributed by atoms with Crippen LogP contribution in [0.2, 0.25) is 0 Å². The topological polar surface area (TPSA) is 49.4 Å². The largest absolute Gasteiger partial charge is 0.416 e. The molecular formula is C18H21F3N2O2. The molecule has 1 aliphatic carbocycles. The third kappa shape index (κ3) is 4.32. The second-order valence-corrected chi connectivity index (χ2v) is 6.70. The summed E-state index contributed by atoms with van der Waals surface area (Å²) in [6.45, 7) is 1.97. The van der Waals surface area contributed by atoms with Crippen LogP contribution in [0, 0.1) is 5.92 Å². The molecule has 1 saturated carbocycles. The second-order valence-electron chi connectivity index (χ2n) is 6.70. The molecule has 1 aliphatic heterocycles. The van der Waals surface area contributed by atoms with Crippen molar-refractivity contribution in [2.24, 2.45) is 5.92 Å². The van der Waals surface area contributed by atoms with Crippen LogP contribution < -0.4 is 5.32 Å². The van der Waals surface area contributed by atoms with E-state index in [1.807, 2.05) is 4.90 Å². The number of amides is 2. The minimum atomic E-state index is -4.34. The van der Waals surface area contributed by atoms with E-state index < -0.39 is 11.7 Å². The summed E-state index contributed by atoms with van der Waals surface area (Å²) in [7, 11) is 0. The number of alkyl halides is 3. The van der Waals surface area contributed by atoms with E-state index in [1.165, 1.54) is 12.1 Å². The lowest BCUT2D eigenvalue weighted by atomic mass is 10.1. The molecule has 1 aromatic rings. The van der Waals surface area contributed by atoms with Crippen LogP contribution in [-0.2, 0) is 15.8 Å². The molecule has 2 unspecified atom stereocenters. The Balaban J connectivity index is 1.40. The van der Waals surface area contributed by atoms with Crippen molar-refractivity contribution in [1.82, 2.24) is 10.2 Å². The van der Waals surface area contributed by atoms with Gasteiger partial charge in [-0.2, -0.15) is 13.2 Å². The first kappa shape index (κ1) is 17.8. The maximum Gasteiger partial charge on any atom is 0.416 e. The number of carbonyl (C=O) groups excluding carboxylic acids is 2. The highest BCUT2D eigenvalue weighted by molar-refractivity contribution is 5.82. The van der Waals surface area contributed by atoms with Gasteiger partial charge in [0.25, 0.3) is 0 Å². The van der Waals surface area contributed by atoms with Gasteiger partial charge in [0.2, 0.25) is 11.8 Å². The lowest BCUT2D eigenvalue weighted by Crippen LogP contribution is -2.31. The highest BCUT2D eigenvalue weighted by Crippen LogP contribution is 2.47. The van der Waals surface area contributed by atoms with Crippen molar-refractivity contribution in [1.29, 1.82) is 0 Å². The molecule has 1 saturated heterocycles. The number of nitrogens with zero attached hydrogens (tertiary/aromatic N) is 1. The van der Waals surface area contributed by atoms with Crippen molar-refractivity contribution in [3.63, 3.8) is 0 Å². The van der Waals surface area contributed by atoms with E-state index in [2.05, 4.69) is 5.32 Å². The van der Waals surface area contributed by atoms with Crippen LogP contribution in [0.1, 0.15) is 42.7 Å². The summed E-state index contributed by atoms with van der Waals surface area (Å²) >= 11 is 0. The normalized spacial score (nSPS) is 23.0. The zero-order valence-corrected chi connectivity index (χ0v) is 13.8. The number of hydrogen-bond donors (Lipinski definition) is 1. The van der Waals surface area contributed by atoms with Gasteiger partial charge >= 0.3 is 6.18 Å². The number of hydrogen-bond acceptors (Lipinski definition) is 2. The maximum atomic E-state index is 12.6. The molecule has 7 heteroatoms. The Kier molecular flexibility index (Phi) is 5.01. The van der Waals surface area contributed by atoms with Crippen molar-refractivity contribution >= 4 is 11.8 Å². The van der Waals surface area contributed by atoms with Crippen molar-refractivity contribution in [2.75, 3.05) is 19.6 Å². The molecule has 1 aromatic carbocycles. The smallest absolute Gasteiger partial charge is 0.356 e. The Labute approximate surface area is 144 Å². The van der Waals surface area contributed by atoms with E-state index >= 15 is 0 Å². The lowest BCUT2D eigenvalue weighted by molar-refractivity contribution is -0.137. The molecule has 2 amide bonds. The Bertz CT molecular complexity index is 643. The molecule has 1 N–H and O–H groups in total. The van der Waals surface area contributed by atoms with Gasteiger partial charge in [-0.05, 0) is 42.9 Å². The van der Waals surface area contributed by atoms with Gasteiger partial charge in [0.05, 0.1) is 5.56 Å². The standard InChI is InChI=1S/C18H21F3N2O2/c19-18(20,21)13-6-4-12(5-7-13)14-11-15(14)17(25)22-8-2-10-23-9-1-3-16(23)24/h4-7,14-15H,1-3,8-11H2,(H,22,25). The van der Waals surface area contributed by atoms with E-state index in [9.17, 15) is 22.8 Å². The average Bonchev–Trinajstić information content (AvgIpc) is 3.27. The first-order valence-electron chi connectivity index (χ1n) is 8.59. The van der Waals surface area contributed by atoms with E-state index in [1.54, 1.807) is 0 Å². The summed E-state index contributed by atoms with van der Waals surface area (Å²) in [5, 5.41) is 2.86. The van der Waals surface area contributed by atoms with Gasteiger partial charge in [0.15, 0.2) is 0 Å². The van der Waals surface area contributed by atoms with Crippen LogP contribution in [0.5, 0.6) is 0 Å². The second kappa shape index (κ2) is 7.06. The van der Waals surface area contributed by atoms with Gasteiger partial charge in [-0.25, -0.2) is 0 Å². The first-order valence-corrected chi connectivity index (χ1v) is 8.59. The molecule has 3 rings (SSSR count). The zero-order chi connectivity index (χ0) is 18.0. The Hall–Kier alpha value is -2.05. The fourth-order valence-corrected chi connectivity index (χ4v) is 3.33. The number of likely N-dealkylation sites (tertiary alicyclic amines) is 1. The fraction of sp³-hybridized carbons (Fsp3) is 0.556. The maximum absolute atomic E-state index is 12.6. The lowest BCUT2D eigenvalue weighted by Gasteiger charge is -2.15. The zero-order valence-electron chi connectivity index (χ0n) is 13.8. The van der Waals surface area contributed by atoms with E-state index in [0.717, 1.165) is 37.1 Å². The van der Waals surface area contributed by atoms with E-state index in [0.29, 0.717) is 25.9 Å². The molecule has 2 atom stereocenters. The molecule has 0 spiro atoms. The number of nitrogens with one attached hydrogen (secondary N) is 1. The van der Waals surface area contributed by atoms with Crippen LogP contribution in [0.15, 0.2) is 24.3 Å². The Morgan fingerprint density at radius 2 is 1.96 bits per heavy atom. The quantitative estimate of drug-likeness (QED) is 0.799. The first-order chi connectivity index (χ1) is 11.9. The predicted molar refractivity (Wildman–Crippen MR) is 85.7 cm³/mol. The summed E-state index contributed by atoms with van der Waals surface area (Å²) in [5.74, 6) is -0.0406. The van der Waals surface area contributed by atoms with Gasteiger partial charge in [0.1, 0.15) is 0 Å². The minimum absolute atomic E-state index is 0.00226. The number of carbonyl (C=O) groups is 2. The highest BCUT2D eigenvalue weighted by atomic mass is 19.4. The molecule has 0 aromatic heterocycles. The van der Waals surface area contributed by atoms with Crippen LogP contribution in [0.25, 0.3) is 0 Å². The number of rotatable bonds is 6. The SMILES string of the molecule is O=C(NCCCN1CCCC1=O)C1CC1c1ccc(C(F)(F)F)cc1. The molecule has 25 heavy (non-hydrogen) atoms. The van der Waals surface area contributed by atoms with Crippen LogP contribution in [-0.4, -0.2) is 36.3 Å². The third-order valence-electron chi connectivity index (χ3n) is 4.87. The summed E-state index contributed by atoms with van der Waals surface area (Å²) in [4.78, 5) is 25.4. The van der Waals surface area contributed by atoms with E-state index in [4.69, 9.17) is 0 Å². The van der Waals surface area contributed by atoms with Crippen molar-refractivity contribution < 1.29 is 22.8 Å². The van der Waals surface area contributed by atoms with Crippen molar-refractivity contribution in [3.05, 3.63) is 35.4 Å². The minimum Gasteiger partial charge on any atom is -0.356 e. The molecular weight excluding hydrogens is 333 g/mol. The Morgan fingerprint density at radius 1 is 1.24 bits per heavy atom. The molecule has 4 nitrogen and oxygen atoms in total. The van der Waals surface area contributed by atoms with Gasteiger partial charge < -0.3 is 10.2 Å². The molecule has 2 aliphatic rings.